The van der Waals surface area contributed by atoms with E-state index < -0.39 is 0 Å². The standard InChI is InChI=1S/C25H25ClN4O2S/c1-4-17(2)30(29(3)24(31)19-13-20(26)16-23(33)15-19)25(32)18-9-8-12-22(14-18)28-27-21-10-6-5-7-11-21/h5-17,33H,4H2,1-3H3. The minimum absolute atomic E-state index is 0.226. The molecule has 1 atom stereocenters. The number of amides is 2. The number of hydrogen-bond donors (Lipinski definition) is 1. The molecule has 0 aliphatic carbocycles. The highest BCUT2D eigenvalue weighted by atomic mass is 35.5. The lowest BCUT2D eigenvalue weighted by atomic mass is 10.1. The normalized spacial score (nSPS) is 11.9. The van der Waals surface area contributed by atoms with E-state index in [-0.39, 0.29) is 17.9 Å². The Morgan fingerprint density at radius 3 is 2.24 bits per heavy atom. The Hall–Kier alpha value is -3.16. The average molecular weight is 481 g/mol. The molecule has 0 N–H and O–H groups in total. The number of hydrogen-bond acceptors (Lipinski definition) is 5. The minimum Gasteiger partial charge on any atom is -0.267 e. The predicted octanol–water partition coefficient (Wildman–Crippen LogP) is 6.97. The summed E-state index contributed by atoms with van der Waals surface area (Å²) in [7, 11) is 1.57. The Labute approximate surface area is 204 Å². The number of halogens is 1. The molecule has 0 aliphatic heterocycles. The number of nitrogens with zero attached hydrogens (tertiary/aromatic N) is 4. The number of hydrazine groups is 1. The molecule has 3 aromatic carbocycles. The molecule has 8 heteroatoms. The third-order valence-corrected chi connectivity index (χ3v) is 5.57. The second-order valence-corrected chi connectivity index (χ2v) is 8.47. The van der Waals surface area contributed by atoms with Crippen LogP contribution in [0.4, 0.5) is 11.4 Å². The van der Waals surface area contributed by atoms with E-state index in [0.717, 1.165) is 0 Å². The first-order valence-electron chi connectivity index (χ1n) is 10.5. The maximum absolute atomic E-state index is 13.5. The highest BCUT2D eigenvalue weighted by Crippen LogP contribution is 2.23. The molecule has 0 saturated heterocycles. The lowest BCUT2D eigenvalue weighted by Crippen LogP contribution is -2.51. The summed E-state index contributed by atoms with van der Waals surface area (Å²) in [4.78, 5) is 27.2. The number of benzene rings is 3. The van der Waals surface area contributed by atoms with Crippen LogP contribution in [0.2, 0.25) is 5.02 Å². The van der Waals surface area contributed by atoms with Gasteiger partial charge >= 0.3 is 0 Å². The van der Waals surface area contributed by atoms with Crippen LogP contribution in [0.5, 0.6) is 0 Å². The summed E-state index contributed by atoms with van der Waals surface area (Å²) in [6, 6.07) is 20.8. The van der Waals surface area contributed by atoms with Gasteiger partial charge in [-0.2, -0.15) is 10.2 Å². The zero-order valence-corrected chi connectivity index (χ0v) is 20.3. The molecule has 3 rings (SSSR count). The van der Waals surface area contributed by atoms with Crippen molar-refractivity contribution in [1.82, 2.24) is 10.0 Å². The Morgan fingerprint density at radius 2 is 1.58 bits per heavy atom. The van der Waals surface area contributed by atoms with Crippen molar-refractivity contribution >= 4 is 47.4 Å². The number of thiol groups is 1. The molecule has 1 unspecified atom stereocenters. The SMILES string of the molecule is CCC(C)N(C(=O)c1cccc(N=Nc2ccccc2)c1)N(C)C(=O)c1cc(S)cc(Cl)c1. The van der Waals surface area contributed by atoms with Gasteiger partial charge in [-0.25, -0.2) is 5.01 Å². The van der Waals surface area contributed by atoms with Crippen molar-refractivity contribution in [3.63, 3.8) is 0 Å². The molecule has 0 saturated carbocycles. The summed E-state index contributed by atoms with van der Waals surface area (Å²) in [6.45, 7) is 3.85. The first kappa shape index (κ1) is 24.5. The van der Waals surface area contributed by atoms with E-state index >= 15 is 0 Å². The van der Waals surface area contributed by atoms with Gasteiger partial charge in [-0.15, -0.1) is 12.6 Å². The van der Waals surface area contributed by atoms with Gasteiger partial charge in [-0.05, 0) is 61.9 Å². The summed E-state index contributed by atoms with van der Waals surface area (Å²) in [5, 5.41) is 11.6. The van der Waals surface area contributed by atoms with E-state index in [4.69, 9.17) is 11.6 Å². The summed E-state index contributed by atoms with van der Waals surface area (Å²) in [6.07, 6.45) is 0.657. The molecular formula is C25H25ClN4O2S. The lowest BCUT2D eigenvalue weighted by molar-refractivity contribution is -0.00880. The van der Waals surface area contributed by atoms with E-state index in [0.29, 0.717) is 38.8 Å². The summed E-state index contributed by atoms with van der Waals surface area (Å²) >= 11 is 10.4. The molecule has 33 heavy (non-hydrogen) atoms. The third kappa shape index (κ3) is 6.21. The molecule has 2 amide bonds. The lowest BCUT2D eigenvalue weighted by Gasteiger charge is -2.36. The molecule has 170 valence electrons. The zero-order chi connectivity index (χ0) is 24.0. The van der Waals surface area contributed by atoms with Crippen molar-refractivity contribution in [3.05, 3.63) is 88.9 Å². The van der Waals surface area contributed by atoms with Gasteiger partial charge in [0.15, 0.2) is 0 Å². The fourth-order valence-corrected chi connectivity index (χ4v) is 3.82. The second-order valence-electron chi connectivity index (χ2n) is 7.52. The predicted molar refractivity (Wildman–Crippen MR) is 134 cm³/mol. The molecule has 3 aromatic rings. The molecule has 0 radical (unpaired) electrons. The molecule has 0 bridgehead atoms. The monoisotopic (exact) mass is 480 g/mol. The van der Waals surface area contributed by atoms with Gasteiger partial charge in [-0.3, -0.25) is 14.6 Å². The molecule has 6 nitrogen and oxygen atoms in total. The molecular weight excluding hydrogens is 456 g/mol. The molecule has 0 heterocycles. The maximum atomic E-state index is 13.5. The fourth-order valence-electron chi connectivity index (χ4n) is 3.23. The van der Waals surface area contributed by atoms with Crippen LogP contribution in [0.3, 0.4) is 0 Å². The van der Waals surface area contributed by atoms with Crippen LogP contribution in [-0.2, 0) is 0 Å². The van der Waals surface area contributed by atoms with E-state index in [9.17, 15) is 9.59 Å². The fraction of sp³-hybridized carbons (Fsp3) is 0.200. The molecule has 0 aliphatic rings. The highest BCUT2D eigenvalue weighted by molar-refractivity contribution is 7.80. The first-order chi connectivity index (χ1) is 15.8. The Kier molecular flexibility index (Phi) is 8.25. The second kappa shape index (κ2) is 11.1. The van der Waals surface area contributed by atoms with Crippen LogP contribution in [0.1, 0.15) is 41.0 Å². The zero-order valence-electron chi connectivity index (χ0n) is 18.6. The Balaban J connectivity index is 1.89. The minimum atomic E-state index is -0.360. The number of azo groups is 1. The Morgan fingerprint density at radius 1 is 0.909 bits per heavy atom. The quantitative estimate of drug-likeness (QED) is 0.235. The van der Waals surface area contributed by atoms with Gasteiger partial charge in [0.25, 0.3) is 11.8 Å². The Bertz CT molecular complexity index is 1150. The van der Waals surface area contributed by atoms with Crippen LogP contribution < -0.4 is 0 Å². The number of rotatable bonds is 6. The van der Waals surface area contributed by atoms with E-state index in [2.05, 4.69) is 22.9 Å². The van der Waals surface area contributed by atoms with E-state index in [1.807, 2.05) is 44.2 Å². The maximum Gasteiger partial charge on any atom is 0.272 e. The first-order valence-corrected chi connectivity index (χ1v) is 11.3. The average Bonchev–Trinajstić information content (AvgIpc) is 2.82. The molecule has 0 aromatic heterocycles. The van der Waals surface area contributed by atoms with Gasteiger partial charge in [0, 0.05) is 28.1 Å². The number of carbonyl (C=O) groups excluding carboxylic acids is 2. The van der Waals surface area contributed by atoms with Crippen molar-refractivity contribution in [2.75, 3.05) is 7.05 Å². The van der Waals surface area contributed by atoms with Gasteiger partial charge in [0.1, 0.15) is 0 Å². The van der Waals surface area contributed by atoms with Gasteiger partial charge in [0.05, 0.1) is 17.4 Å². The van der Waals surface area contributed by atoms with Gasteiger partial charge in [0.2, 0.25) is 0 Å². The van der Waals surface area contributed by atoms with E-state index in [1.54, 1.807) is 49.5 Å². The highest BCUT2D eigenvalue weighted by Gasteiger charge is 2.29. The van der Waals surface area contributed by atoms with Crippen molar-refractivity contribution in [1.29, 1.82) is 0 Å². The van der Waals surface area contributed by atoms with Crippen LogP contribution in [0.25, 0.3) is 0 Å². The van der Waals surface area contributed by atoms with Crippen molar-refractivity contribution in [2.45, 2.75) is 31.2 Å². The van der Waals surface area contributed by atoms with Crippen LogP contribution in [-0.4, -0.2) is 34.9 Å². The van der Waals surface area contributed by atoms with Gasteiger partial charge in [-0.1, -0.05) is 42.8 Å². The molecule has 0 spiro atoms. The summed E-state index contributed by atoms with van der Waals surface area (Å²) in [5.74, 6) is -0.675. The summed E-state index contributed by atoms with van der Waals surface area (Å²) < 4.78 is 0. The van der Waals surface area contributed by atoms with Crippen molar-refractivity contribution < 1.29 is 9.59 Å². The van der Waals surface area contributed by atoms with Gasteiger partial charge < -0.3 is 0 Å². The topological polar surface area (TPSA) is 65.3 Å². The summed E-state index contributed by atoms with van der Waals surface area (Å²) in [5.41, 5.74) is 2.00. The number of carbonyl (C=O) groups is 2. The smallest absolute Gasteiger partial charge is 0.267 e. The largest absolute Gasteiger partial charge is 0.272 e. The van der Waals surface area contributed by atoms with Crippen LogP contribution in [0.15, 0.2) is 87.9 Å². The third-order valence-electron chi connectivity index (χ3n) is 5.09. The molecule has 0 fully saturated rings. The van der Waals surface area contributed by atoms with Crippen LogP contribution in [0, 0.1) is 0 Å². The van der Waals surface area contributed by atoms with E-state index in [1.165, 1.54) is 10.0 Å². The van der Waals surface area contributed by atoms with Crippen LogP contribution >= 0.6 is 24.2 Å². The van der Waals surface area contributed by atoms with Crippen molar-refractivity contribution in [3.8, 4) is 0 Å². The van der Waals surface area contributed by atoms with Crippen molar-refractivity contribution in [2.24, 2.45) is 10.2 Å².